The van der Waals surface area contributed by atoms with E-state index in [-0.39, 0.29) is 17.0 Å². The number of nitrogens with zero attached hydrogens (tertiary/aromatic N) is 4. The Bertz CT molecular complexity index is 1350. The number of benzene rings is 1. The largest absolute Gasteiger partial charge is 0.416 e. The molecule has 8 heteroatoms. The fraction of sp³-hybridized carbons (Fsp3) is 0.192. The minimum Gasteiger partial charge on any atom is -0.309 e. The summed E-state index contributed by atoms with van der Waals surface area (Å²) >= 11 is 0. The maximum absolute atomic E-state index is 13.6. The molecule has 0 bridgehead atoms. The first-order chi connectivity index (χ1) is 16.4. The van der Waals surface area contributed by atoms with Gasteiger partial charge in [0.25, 0.3) is 0 Å². The van der Waals surface area contributed by atoms with Gasteiger partial charge in [-0.05, 0) is 54.8 Å². The summed E-state index contributed by atoms with van der Waals surface area (Å²) in [7, 11) is 0. The number of hydrogen-bond acceptors (Lipinski definition) is 4. The second kappa shape index (κ2) is 8.34. The third-order valence-electron chi connectivity index (χ3n) is 6.15. The summed E-state index contributed by atoms with van der Waals surface area (Å²) in [5, 5.41) is 10.3. The minimum atomic E-state index is -4.53. The van der Waals surface area contributed by atoms with Crippen LogP contribution in [0.4, 0.5) is 18.9 Å². The molecular weight excluding hydrogens is 441 g/mol. The molecule has 3 aromatic rings. The molecule has 0 amide bonds. The Morgan fingerprint density at radius 2 is 1.85 bits per heavy atom. The van der Waals surface area contributed by atoms with E-state index in [1.165, 1.54) is 6.07 Å². The van der Waals surface area contributed by atoms with Crippen LogP contribution in [0.3, 0.4) is 0 Å². The van der Waals surface area contributed by atoms with E-state index < -0.39 is 17.7 Å². The molecular formula is C26H19F3N4O. The Morgan fingerprint density at radius 1 is 1.06 bits per heavy atom. The SMILES string of the molecule is N#CC1=C(n2cccc2)N(c2cccc(C(F)(F)F)c2)C2=C(C(=O)CCC2)C1c1cccnc1. The monoisotopic (exact) mass is 460 g/mol. The van der Waals surface area contributed by atoms with Crippen molar-refractivity contribution in [1.82, 2.24) is 9.55 Å². The van der Waals surface area contributed by atoms with Crippen molar-refractivity contribution >= 4 is 17.3 Å². The maximum Gasteiger partial charge on any atom is 0.416 e. The van der Waals surface area contributed by atoms with Gasteiger partial charge in [0.05, 0.1) is 23.1 Å². The molecule has 1 unspecified atom stereocenters. The molecule has 5 rings (SSSR count). The lowest BCUT2D eigenvalue weighted by molar-refractivity contribution is -0.137. The smallest absolute Gasteiger partial charge is 0.309 e. The lowest BCUT2D eigenvalue weighted by Crippen LogP contribution is -2.36. The normalized spacial score (nSPS) is 18.7. The number of pyridine rings is 1. The lowest BCUT2D eigenvalue weighted by Gasteiger charge is -2.41. The van der Waals surface area contributed by atoms with Gasteiger partial charge in [-0.2, -0.15) is 18.4 Å². The number of anilines is 1. The highest BCUT2D eigenvalue weighted by molar-refractivity contribution is 6.03. The van der Waals surface area contributed by atoms with Gasteiger partial charge in [0.2, 0.25) is 0 Å². The summed E-state index contributed by atoms with van der Waals surface area (Å²) < 4.78 is 42.4. The van der Waals surface area contributed by atoms with Crippen molar-refractivity contribution < 1.29 is 18.0 Å². The molecule has 1 atom stereocenters. The van der Waals surface area contributed by atoms with E-state index in [1.54, 1.807) is 58.5 Å². The summed E-state index contributed by atoms with van der Waals surface area (Å²) in [5.41, 5.74) is 1.48. The summed E-state index contributed by atoms with van der Waals surface area (Å²) in [6.45, 7) is 0. The standard InChI is InChI=1S/C26H19F3N4O/c27-26(28,29)18-7-3-8-19(14-18)33-21-9-4-10-22(34)24(21)23(17-6-5-11-31-16-17)20(15-30)25(33)32-12-1-2-13-32/h1-3,5-8,11-14,16,23H,4,9-10H2. The molecule has 5 nitrogen and oxygen atoms in total. The summed E-state index contributed by atoms with van der Waals surface area (Å²) in [4.78, 5) is 19.1. The Hall–Kier alpha value is -4.12. The van der Waals surface area contributed by atoms with Crippen molar-refractivity contribution in [1.29, 1.82) is 5.26 Å². The molecule has 3 heterocycles. The summed E-state index contributed by atoms with van der Waals surface area (Å²) in [6, 6.07) is 14.4. The first kappa shape index (κ1) is 21.7. The molecule has 0 saturated carbocycles. The van der Waals surface area contributed by atoms with E-state index in [4.69, 9.17) is 0 Å². The van der Waals surface area contributed by atoms with Crippen molar-refractivity contribution in [2.75, 3.05) is 4.90 Å². The van der Waals surface area contributed by atoms with E-state index in [0.29, 0.717) is 41.9 Å². The average molecular weight is 460 g/mol. The second-order valence-corrected chi connectivity index (χ2v) is 8.18. The van der Waals surface area contributed by atoms with Crippen molar-refractivity contribution in [3.8, 4) is 6.07 Å². The van der Waals surface area contributed by atoms with Crippen LogP contribution >= 0.6 is 0 Å². The first-order valence-electron chi connectivity index (χ1n) is 10.8. The predicted octanol–water partition coefficient (Wildman–Crippen LogP) is 5.91. The molecule has 34 heavy (non-hydrogen) atoms. The Balaban J connectivity index is 1.83. The van der Waals surface area contributed by atoms with Crippen molar-refractivity contribution in [2.45, 2.75) is 31.4 Å². The number of nitriles is 1. The molecule has 0 N–H and O–H groups in total. The van der Waals surface area contributed by atoms with Crippen LogP contribution in [0.15, 0.2) is 90.2 Å². The number of aromatic nitrogens is 2. The minimum absolute atomic E-state index is 0.105. The number of ketones is 1. The van der Waals surface area contributed by atoms with Crippen LogP contribution in [0.25, 0.3) is 5.82 Å². The number of halogens is 3. The number of hydrogen-bond donors (Lipinski definition) is 0. The molecule has 1 aliphatic carbocycles. The Kier molecular flexibility index (Phi) is 5.33. The van der Waals surface area contributed by atoms with Crippen LogP contribution in [0.2, 0.25) is 0 Å². The average Bonchev–Trinajstić information content (AvgIpc) is 3.37. The summed E-state index contributed by atoms with van der Waals surface area (Å²) in [5.74, 6) is -0.346. The molecule has 170 valence electrons. The fourth-order valence-electron chi connectivity index (χ4n) is 4.75. The first-order valence-corrected chi connectivity index (χ1v) is 10.8. The topological polar surface area (TPSA) is 61.9 Å². The van der Waals surface area contributed by atoms with Gasteiger partial charge in [0.1, 0.15) is 5.82 Å². The molecule has 0 saturated heterocycles. The van der Waals surface area contributed by atoms with Crippen molar-refractivity contribution in [3.63, 3.8) is 0 Å². The van der Waals surface area contributed by atoms with Gasteiger partial charge in [0, 0.05) is 48.2 Å². The van der Waals surface area contributed by atoms with Crippen LogP contribution in [0.1, 0.15) is 36.3 Å². The van der Waals surface area contributed by atoms with Crippen molar-refractivity contribution in [3.05, 3.63) is 101 Å². The van der Waals surface area contributed by atoms with Crippen molar-refractivity contribution in [2.24, 2.45) is 0 Å². The van der Waals surface area contributed by atoms with Gasteiger partial charge in [-0.25, -0.2) is 0 Å². The highest BCUT2D eigenvalue weighted by Gasteiger charge is 2.42. The number of carbonyl (C=O) groups excluding carboxylic acids is 1. The van der Waals surface area contributed by atoms with E-state index in [9.17, 15) is 23.2 Å². The molecule has 2 aliphatic rings. The quantitative estimate of drug-likeness (QED) is 0.488. The highest BCUT2D eigenvalue weighted by Crippen LogP contribution is 2.49. The zero-order valence-electron chi connectivity index (χ0n) is 18.0. The molecule has 1 aliphatic heterocycles. The fourth-order valence-corrected chi connectivity index (χ4v) is 4.75. The predicted molar refractivity (Wildman–Crippen MR) is 120 cm³/mol. The maximum atomic E-state index is 13.6. The van der Waals surface area contributed by atoms with Crippen LogP contribution in [0, 0.1) is 11.3 Å². The van der Waals surface area contributed by atoms with Gasteiger partial charge in [-0.1, -0.05) is 12.1 Å². The third kappa shape index (κ3) is 3.59. The number of Topliss-reactive ketones (excluding diaryl/α,β-unsaturated/α-hetero) is 1. The van der Waals surface area contributed by atoms with Gasteiger partial charge in [-0.15, -0.1) is 0 Å². The van der Waals surface area contributed by atoms with Crippen LogP contribution in [0.5, 0.6) is 0 Å². The zero-order valence-corrected chi connectivity index (χ0v) is 18.0. The number of rotatable bonds is 3. The number of allylic oxidation sites excluding steroid dienone is 3. The molecule has 1 aromatic carbocycles. The van der Waals surface area contributed by atoms with Gasteiger partial charge in [-0.3, -0.25) is 14.7 Å². The molecule has 0 radical (unpaired) electrons. The zero-order chi connectivity index (χ0) is 23.9. The van der Waals surface area contributed by atoms with E-state index in [2.05, 4.69) is 11.1 Å². The number of alkyl halides is 3. The molecule has 0 spiro atoms. The van der Waals surface area contributed by atoms with E-state index >= 15 is 0 Å². The summed E-state index contributed by atoms with van der Waals surface area (Å²) in [6.07, 6.45) is 3.59. The Labute approximate surface area is 194 Å². The number of carbonyl (C=O) groups is 1. The van der Waals surface area contributed by atoms with E-state index in [0.717, 1.165) is 12.1 Å². The molecule has 2 aromatic heterocycles. The highest BCUT2D eigenvalue weighted by atomic mass is 19.4. The third-order valence-corrected chi connectivity index (χ3v) is 6.15. The Morgan fingerprint density at radius 3 is 2.53 bits per heavy atom. The van der Waals surface area contributed by atoms with Crippen LogP contribution in [-0.4, -0.2) is 15.3 Å². The van der Waals surface area contributed by atoms with Gasteiger partial charge in [0.15, 0.2) is 5.78 Å². The van der Waals surface area contributed by atoms with Crippen LogP contribution in [-0.2, 0) is 11.0 Å². The van der Waals surface area contributed by atoms with Gasteiger partial charge >= 0.3 is 6.18 Å². The molecule has 0 fully saturated rings. The van der Waals surface area contributed by atoms with E-state index in [1.807, 2.05) is 6.07 Å². The van der Waals surface area contributed by atoms with Gasteiger partial charge < -0.3 is 4.57 Å². The van der Waals surface area contributed by atoms with Crippen LogP contribution < -0.4 is 4.90 Å². The second-order valence-electron chi connectivity index (χ2n) is 8.18. The lowest BCUT2D eigenvalue weighted by atomic mass is 9.76.